The summed E-state index contributed by atoms with van der Waals surface area (Å²) in [5, 5.41) is 11.2. The first kappa shape index (κ1) is 21.5. The van der Waals surface area contributed by atoms with E-state index in [2.05, 4.69) is 18.7 Å². The van der Waals surface area contributed by atoms with E-state index in [4.69, 9.17) is 11.6 Å². The molecule has 0 saturated carbocycles. The largest absolute Gasteiger partial charge is 0.341 e. The van der Waals surface area contributed by atoms with Crippen molar-refractivity contribution in [2.45, 2.75) is 20.3 Å². The Balaban J connectivity index is 1.55. The Morgan fingerprint density at radius 2 is 1.72 bits per heavy atom. The topological polar surface area (TPSA) is 87.0 Å². The maximum atomic E-state index is 12.8. The molecule has 29 heavy (non-hydrogen) atoms. The SMILES string of the molecule is CC1CC(C)CN(C(=O)CN2CCN(C(=O)c3cc([N+](=O)[O-])ccc3Cl)CC2)C1. The van der Waals surface area contributed by atoms with E-state index in [0.717, 1.165) is 19.5 Å². The number of piperidine rings is 1. The van der Waals surface area contributed by atoms with Crippen LogP contribution in [0.3, 0.4) is 0 Å². The number of non-ortho nitro benzene ring substituents is 1. The summed E-state index contributed by atoms with van der Waals surface area (Å²) in [7, 11) is 0. The van der Waals surface area contributed by atoms with Gasteiger partial charge in [-0.2, -0.15) is 0 Å². The van der Waals surface area contributed by atoms with Crippen molar-refractivity contribution in [3.63, 3.8) is 0 Å². The zero-order valence-corrected chi connectivity index (χ0v) is 17.6. The zero-order valence-electron chi connectivity index (χ0n) is 16.8. The summed E-state index contributed by atoms with van der Waals surface area (Å²) >= 11 is 6.09. The van der Waals surface area contributed by atoms with Crippen LogP contribution in [0.5, 0.6) is 0 Å². The van der Waals surface area contributed by atoms with Gasteiger partial charge in [-0.3, -0.25) is 24.6 Å². The fourth-order valence-corrected chi connectivity index (χ4v) is 4.43. The molecule has 2 fully saturated rings. The third-order valence-corrected chi connectivity index (χ3v) is 5.96. The second-order valence-electron chi connectivity index (χ2n) is 8.23. The monoisotopic (exact) mass is 422 g/mol. The maximum Gasteiger partial charge on any atom is 0.270 e. The summed E-state index contributed by atoms with van der Waals surface area (Å²) < 4.78 is 0. The van der Waals surface area contributed by atoms with Crippen LogP contribution in [0.1, 0.15) is 30.6 Å². The minimum Gasteiger partial charge on any atom is -0.341 e. The lowest BCUT2D eigenvalue weighted by Crippen LogP contribution is -2.53. The molecule has 2 amide bonds. The van der Waals surface area contributed by atoms with Gasteiger partial charge in [-0.05, 0) is 24.3 Å². The van der Waals surface area contributed by atoms with E-state index in [9.17, 15) is 19.7 Å². The molecule has 0 bridgehead atoms. The van der Waals surface area contributed by atoms with Crippen LogP contribution in [-0.4, -0.2) is 77.3 Å². The number of piperazine rings is 1. The number of nitrogens with zero attached hydrogens (tertiary/aromatic N) is 4. The number of halogens is 1. The standard InChI is InChI=1S/C20H27ClN4O4/c1-14-9-15(2)12-24(11-14)19(26)13-22-5-7-23(8-6-22)20(27)17-10-16(25(28)29)3-4-18(17)21/h3-4,10,14-15H,5-9,11-13H2,1-2H3. The van der Waals surface area contributed by atoms with E-state index in [-0.39, 0.29) is 28.1 Å². The molecule has 0 aliphatic carbocycles. The maximum absolute atomic E-state index is 12.8. The van der Waals surface area contributed by atoms with Gasteiger partial charge in [-0.25, -0.2) is 0 Å². The van der Waals surface area contributed by atoms with Crippen molar-refractivity contribution < 1.29 is 14.5 Å². The van der Waals surface area contributed by atoms with Crippen molar-refractivity contribution in [2.75, 3.05) is 45.8 Å². The molecule has 3 rings (SSSR count). The number of benzene rings is 1. The predicted octanol–water partition coefficient (Wildman–Crippen LogP) is 2.51. The van der Waals surface area contributed by atoms with Crippen LogP contribution >= 0.6 is 11.6 Å². The summed E-state index contributed by atoms with van der Waals surface area (Å²) in [6.07, 6.45) is 1.16. The van der Waals surface area contributed by atoms with Crippen molar-refractivity contribution in [1.29, 1.82) is 0 Å². The Labute approximate surface area is 175 Å². The number of likely N-dealkylation sites (tertiary alicyclic amines) is 1. The van der Waals surface area contributed by atoms with E-state index in [1.165, 1.54) is 18.2 Å². The van der Waals surface area contributed by atoms with Gasteiger partial charge in [0.15, 0.2) is 0 Å². The Bertz CT molecular complexity index is 785. The van der Waals surface area contributed by atoms with Gasteiger partial charge in [0.2, 0.25) is 5.91 Å². The number of carbonyl (C=O) groups is 2. The van der Waals surface area contributed by atoms with E-state index >= 15 is 0 Å². The first-order valence-corrected chi connectivity index (χ1v) is 10.4. The first-order chi connectivity index (χ1) is 13.7. The highest BCUT2D eigenvalue weighted by molar-refractivity contribution is 6.33. The second kappa shape index (κ2) is 9.09. The van der Waals surface area contributed by atoms with Crippen LogP contribution in [0.15, 0.2) is 18.2 Å². The van der Waals surface area contributed by atoms with Crippen LogP contribution < -0.4 is 0 Å². The van der Waals surface area contributed by atoms with E-state index in [0.29, 0.717) is 44.6 Å². The normalized spacial score (nSPS) is 23.1. The molecule has 0 radical (unpaired) electrons. The Kier molecular flexibility index (Phi) is 6.74. The molecule has 9 heteroatoms. The first-order valence-electron chi connectivity index (χ1n) is 9.98. The second-order valence-corrected chi connectivity index (χ2v) is 8.64. The lowest BCUT2D eigenvalue weighted by atomic mass is 9.92. The summed E-state index contributed by atoms with van der Waals surface area (Å²) in [5.41, 5.74) is -0.0198. The number of carbonyl (C=O) groups excluding carboxylic acids is 2. The smallest absolute Gasteiger partial charge is 0.270 e. The van der Waals surface area contributed by atoms with Crippen LogP contribution in [0, 0.1) is 22.0 Å². The number of nitro benzene ring substituents is 1. The van der Waals surface area contributed by atoms with Crippen molar-refractivity contribution in [2.24, 2.45) is 11.8 Å². The Morgan fingerprint density at radius 1 is 1.10 bits per heavy atom. The van der Waals surface area contributed by atoms with Gasteiger partial charge in [-0.15, -0.1) is 0 Å². The van der Waals surface area contributed by atoms with Gasteiger partial charge in [0.25, 0.3) is 11.6 Å². The van der Waals surface area contributed by atoms with E-state index in [1.54, 1.807) is 4.90 Å². The molecular weight excluding hydrogens is 396 g/mol. The molecule has 0 N–H and O–H groups in total. The quantitative estimate of drug-likeness (QED) is 0.549. The molecule has 2 atom stereocenters. The summed E-state index contributed by atoms with van der Waals surface area (Å²) in [4.78, 5) is 41.5. The van der Waals surface area contributed by atoms with Crippen molar-refractivity contribution >= 4 is 29.1 Å². The molecule has 2 aliphatic rings. The van der Waals surface area contributed by atoms with Crippen LogP contribution in [0.4, 0.5) is 5.69 Å². The molecule has 2 unspecified atom stereocenters. The lowest BCUT2D eigenvalue weighted by molar-refractivity contribution is -0.384. The average Bonchev–Trinajstić information content (AvgIpc) is 2.67. The van der Waals surface area contributed by atoms with Gasteiger partial charge in [0.05, 0.1) is 22.1 Å². The number of nitro groups is 1. The minimum atomic E-state index is -0.543. The zero-order chi connectivity index (χ0) is 21.1. The van der Waals surface area contributed by atoms with Crippen molar-refractivity contribution in [3.8, 4) is 0 Å². The van der Waals surface area contributed by atoms with E-state index < -0.39 is 4.92 Å². The molecule has 2 saturated heterocycles. The predicted molar refractivity (Wildman–Crippen MR) is 110 cm³/mol. The Hall–Kier alpha value is -2.19. The van der Waals surface area contributed by atoms with Crippen LogP contribution in [-0.2, 0) is 4.79 Å². The third-order valence-electron chi connectivity index (χ3n) is 5.63. The molecule has 1 aromatic carbocycles. The molecular formula is C20H27ClN4O4. The van der Waals surface area contributed by atoms with Gasteiger partial charge in [0.1, 0.15) is 0 Å². The summed E-state index contributed by atoms with van der Waals surface area (Å²) in [6.45, 7) is 8.43. The van der Waals surface area contributed by atoms with Gasteiger partial charge in [0, 0.05) is 51.4 Å². The summed E-state index contributed by atoms with van der Waals surface area (Å²) in [5.74, 6) is 0.877. The lowest BCUT2D eigenvalue weighted by Gasteiger charge is -2.38. The van der Waals surface area contributed by atoms with Gasteiger partial charge >= 0.3 is 0 Å². The Morgan fingerprint density at radius 3 is 2.31 bits per heavy atom. The molecule has 1 aromatic rings. The molecule has 2 aliphatic heterocycles. The average molecular weight is 423 g/mol. The van der Waals surface area contributed by atoms with Crippen molar-refractivity contribution in [1.82, 2.24) is 14.7 Å². The molecule has 0 spiro atoms. The fourth-order valence-electron chi connectivity index (χ4n) is 4.23. The highest BCUT2D eigenvalue weighted by Crippen LogP contribution is 2.24. The number of hydrogen-bond donors (Lipinski definition) is 0. The van der Waals surface area contributed by atoms with Gasteiger partial charge < -0.3 is 9.80 Å². The third kappa shape index (κ3) is 5.25. The molecule has 2 heterocycles. The molecule has 158 valence electrons. The molecule has 0 aromatic heterocycles. The van der Waals surface area contributed by atoms with Crippen molar-refractivity contribution in [3.05, 3.63) is 38.9 Å². The van der Waals surface area contributed by atoms with Crippen LogP contribution in [0.25, 0.3) is 0 Å². The number of amides is 2. The fraction of sp³-hybridized carbons (Fsp3) is 0.600. The number of rotatable bonds is 4. The highest BCUT2D eigenvalue weighted by atomic mass is 35.5. The van der Waals surface area contributed by atoms with Crippen LogP contribution in [0.2, 0.25) is 5.02 Å². The minimum absolute atomic E-state index is 0.140. The molecule has 8 nitrogen and oxygen atoms in total. The highest BCUT2D eigenvalue weighted by Gasteiger charge is 2.29. The summed E-state index contributed by atoms with van der Waals surface area (Å²) in [6, 6.07) is 3.88. The van der Waals surface area contributed by atoms with Gasteiger partial charge in [-0.1, -0.05) is 25.4 Å². The van der Waals surface area contributed by atoms with E-state index in [1.807, 2.05) is 4.90 Å². The number of hydrogen-bond acceptors (Lipinski definition) is 5.